The number of hydrogen-bond donors (Lipinski definition) is 2. The number of imidazole rings is 1. The van der Waals surface area contributed by atoms with Gasteiger partial charge in [-0.25, -0.2) is 9.50 Å². The molecule has 0 amide bonds. The zero-order valence-electron chi connectivity index (χ0n) is 14.0. The van der Waals surface area contributed by atoms with Crippen LogP contribution in [0, 0.1) is 6.92 Å². The van der Waals surface area contributed by atoms with Crippen molar-refractivity contribution in [2.24, 2.45) is 12.8 Å². The van der Waals surface area contributed by atoms with E-state index in [1.807, 2.05) is 43.2 Å². The maximum absolute atomic E-state index is 12.6. The minimum absolute atomic E-state index is 0.216. The standard InChI is InChI=1S/C16H18N8O/c1-10-11(12-3-6-22(2)20-12)9-24-13(10)16(25)19-14(21-24)15-18-5-8-23(15)7-4-17/h3,5-6,8-9H,4,7,17H2,1-2H3,(H,19,21,25). The van der Waals surface area contributed by atoms with Gasteiger partial charge >= 0.3 is 0 Å². The summed E-state index contributed by atoms with van der Waals surface area (Å²) >= 11 is 0. The van der Waals surface area contributed by atoms with Crippen molar-refractivity contribution >= 4 is 5.52 Å². The molecule has 25 heavy (non-hydrogen) atoms. The third kappa shape index (κ3) is 2.45. The molecule has 128 valence electrons. The van der Waals surface area contributed by atoms with E-state index in [9.17, 15) is 4.79 Å². The zero-order valence-corrected chi connectivity index (χ0v) is 14.0. The fraction of sp³-hybridized carbons (Fsp3) is 0.250. The SMILES string of the molecule is Cc1c(-c2ccn(C)n2)cn2nc(-c3nccn3CCN)[nH]c(=O)c12. The molecular weight excluding hydrogens is 320 g/mol. The van der Waals surface area contributed by atoms with Crippen LogP contribution in [0.2, 0.25) is 0 Å². The first kappa shape index (κ1) is 15.3. The van der Waals surface area contributed by atoms with Gasteiger partial charge in [-0.05, 0) is 18.6 Å². The summed E-state index contributed by atoms with van der Waals surface area (Å²) in [4.78, 5) is 19.7. The van der Waals surface area contributed by atoms with E-state index in [1.54, 1.807) is 15.4 Å². The van der Waals surface area contributed by atoms with Crippen LogP contribution in [0.25, 0.3) is 28.4 Å². The molecule has 0 radical (unpaired) electrons. The Kier molecular flexibility index (Phi) is 3.50. The first-order chi connectivity index (χ1) is 12.1. The summed E-state index contributed by atoms with van der Waals surface area (Å²) in [6, 6.07) is 1.91. The fourth-order valence-corrected chi connectivity index (χ4v) is 3.00. The highest BCUT2D eigenvalue weighted by Gasteiger charge is 2.17. The smallest absolute Gasteiger partial charge is 0.275 e. The van der Waals surface area contributed by atoms with Crippen LogP contribution in [0.4, 0.5) is 0 Å². The van der Waals surface area contributed by atoms with Crippen LogP contribution in [-0.2, 0) is 13.6 Å². The number of fused-ring (bicyclic) bond motifs is 1. The van der Waals surface area contributed by atoms with Crippen molar-refractivity contribution in [3.8, 4) is 22.9 Å². The van der Waals surface area contributed by atoms with Crippen LogP contribution in [0.5, 0.6) is 0 Å². The Labute approximate surface area is 142 Å². The summed E-state index contributed by atoms with van der Waals surface area (Å²) in [6.07, 6.45) is 7.16. The average Bonchev–Trinajstić information content (AvgIpc) is 3.27. The van der Waals surface area contributed by atoms with Crippen molar-refractivity contribution in [3.05, 3.63) is 46.8 Å². The van der Waals surface area contributed by atoms with Crippen LogP contribution < -0.4 is 11.3 Å². The second-order valence-electron chi connectivity index (χ2n) is 5.87. The molecule has 0 aromatic carbocycles. The Hall–Kier alpha value is -3.20. The molecule has 4 heterocycles. The first-order valence-corrected chi connectivity index (χ1v) is 7.92. The third-order valence-electron chi connectivity index (χ3n) is 4.18. The predicted molar refractivity (Wildman–Crippen MR) is 93.0 cm³/mol. The van der Waals surface area contributed by atoms with E-state index >= 15 is 0 Å². The molecule has 9 nitrogen and oxygen atoms in total. The average molecular weight is 338 g/mol. The molecule has 0 atom stereocenters. The van der Waals surface area contributed by atoms with Crippen molar-refractivity contribution in [1.82, 2.24) is 33.9 Å². The second kappa shape index (κ2) is 5.71. The zero-order chi connectivity index (χ0) is 17.6. The fourth-order valence-electron chi connectivity index (χ4n) is 3.00. The number of aromatic nitrogens is 7. The maximum atomic E-state index is 12.6. The van der Waals surface area contributed by atoms with E-state index in [0.717, 1.165) is 16.8 Å². The van der Waals surface area contributed by atoms with E-state index in [1.165, 1.54) is 0 Å². The molecule has 0 bridgehead atoms. The van der Waals surface area contributed by atoms with Gasteiger partial charge in [-0.3, -0.25) is 9.48 Å². The van der Waals surface area contributed by atoms with Crippen LogP contribution >= 0.6 is 0 Å². The van der Waals surface area contributed by atoms with Crippen LogP contribution in [0.15, 0.2) is 35.6 Å². The minimum atomic E-state index is -0.216. The van der Waals surface area contributed by atoms with Crippen LogP contribution in [0.1, 0.15) is 5.56 Å². The number of aryl methyl sites for hydroxylation is 2. The molecule has 4 aromatic rings. The molecule has 0 fully saturated rings. The van der Waals surface area contributed by atoms with Gasteiger partial charge in [0.05, 0.1) is 5.69 Å². The second-order valence-corrected chi connectivity index (χ2v) is 5.87. The van der Waals surface area contributed by atoms with Gasteiger partial charge in [0.15, 0.2) is 11.6 Å². The van der Waals surface area contributed by atoms with Crippen molar-refractivity contribution in [2.75, 3.05) is 6.54 Å². The normalized spacial score (nSPS) is 11.5. The first-order valence-electron chi connectivity index (χ1n) is 7.92. The maximum Gasteiger partial charge on any atom is 0.275 e. The molecule has 0 aliphatic rings. The summed E-state index contributed by atoms with van der Waals surface area (Å²) in [5.74, 6) is 0.980. The highest BCUT2D eigenvalue weighted by molar-refractivity contribution is 5.73. The molecule has 3 N–H and O–H groups in total. The summed E-state index contributed by atoms with van der Waals surface area (Å²) in [5, 5.41) is 8.95. The monoisotopic (exact) mass is 338 g/mol. The number of nitrogens with zero attached hydrogens (tertiary/aromatic N) is 6. The van der Waals surface area contributed by atoms with Gasteiger partial charge in [-0.15, -0.1) is 5.10 Å². The summed E-state index contributed by atoms with van der Waals surface area (Å²) < 4.78 is 5.18. The van der Waals surface area contributed by atoms with Gasteiger partial charge in [0.1, 0.15) is 5.52 Å². The molecule has 0 unspecified atom stereocenters. The Balaban J connectivity index is 1.90. The van der Waals surface area contributed by atoms with Crippen molar-refractivity contribution in [2.45, 2.75) is 13.5 Å². The van der Waals surface area contributed by atoms with E-state index < -0.39 is 0 Å². The Morgan fingerprint density at radius 3 is 2.84 bits per heavy atom. The molecular formula is C16H18N8O. The lowest BCUT2D eigenvalue weighted by Gasteiger charge is -2.05. The number of hydrogen-bond acceptors (Lipinski definition) is 5. The predicted octanol–water partition coefficient (Wildman–Crippen LogP) is 0.554. The summed E-state index contributed by atoms with van der Waals surface area (Å²) in [5.41, 5.74) is 8.42. The van der Waals surface area contributed by atoms with E-state index in [2.05, 4.69) is 20.2 Å². The van der Waals surface area contributed by atoms with Gasteiger partial charge in [0, 0.05) is 50.5 Å². The summed E-state index contributed by atoms with van der Waals surface area (Å²) in [7, 11) is 1.86. The van der Waals surface area contributed by atoms with Gasteiger partial charge in [-0.2, -0.15) is 5.10 Å². The van der Waals surface area contributed by atoms with E-state index in [4.69, 9.17) is 5.73 Å². The molecule has 0 saturated carbocycles. The van der Waals surface area contributed by atoms with Gasteiger partial charge in [0.2, 0.25) is 0 Å². The molecule has 0 saturated heterocycles. The van der Waals surface area contributed by atoms with E-state index in [-0.39, 0.29) is 5.56 Å². The Morgan fingerprint density at radius 1 is 1.28 bits per heavy atom. The van der Waals surface area contributed by atoms with Gasteiger partial charge in [-0.1, -0.05) is 0 Å². The lowest BCUT2D eigenvalue weighted by atomic mass is 10.1. The van der Waals surface area contributed by atoms with Crippen LogP contribution in [-0.4, -0.2) is 40.5 Å². The van der Waals surface area contributed by atoms with Crippen molar-refractivity contribution in [1.29, 1.82) is 0 Å². The number of rotatable bonds is 4. The minimum Gasteiger partial charge on any atom is -0.329 e. The lowest BCUT2D eigenvalue weighted by Crippen LogP contribution is -2.17. The Morgan fingerprint density at radius 2 is 2.12 bits per heavy atom. The summed E-state index contributed by atoms with van der Waals surface area (Å²) in [6.45, 7) is 2.97. The number of H-pyrrole nitrogens is 1. The third-order valence-corrected chi connectivity index (χ3v) is 4.18. The topological polar surface area (TPSA) is 112 Å². The van der Waals surface area contributed by atoms with Crippen molar-refractivity contribution < 1.29 is 0 Å². The molecule has 4 aromatic heterocycles. The molecule has 4 rings (SSSR count). The quantitative estimate of drug-likeness (QED) is 0.564. The van der Waals surface area contributed by atoms with Gasteiger partial charge < -0.3 is 15.3 Å². The van der Waals surface area contributed by atoms with Gasteiger partial charge in [0.25, 0.3) is 5.56 Å². The highest BCUT2D eigenvalue weighted by Crippen LogP contribution is 2.25. The molecule has 0 spiro atoms. The molecule has 0 aliphatic heterocycles. The number of nitrogens with two attached hydrogens (primary N) is 1. The van der Waals surface area contributed by atoms with Crippen molar-refractivity contribution in [3.63, 3.8) is 0 Å². The molecule has 0 aliphatic carbocycles. The van der Waals surface area contributed by atoms with E-state index in [0.29, 0.717) is 30.3 Å². The number of aromatic amines is 1. The Bertz CT molecular complexity index is 1110. The highest BCUT2D eigenvalue weighted by atomic mass is 16.1. The largest absolute Gasteiger partial charge is 0.329 e. The molecule has 9 heteroatoms. The van der Waals surface area contributed by atoms with Crippen LogP contribution in [0.3, 0.4) is 0 Å². The number of nitrogens with one attached hydrogen (secondary N) is 1. The lowest BCUT2D eigenvalue weighted by molar-refractivity contribution is 0.707.